The van der Waals surface area contributed by atoms with Crippen LogP contribution in [0.15, 0.2) is 12.1 Å². The molecule has 1 aromatic carbocycles. The van der Waals surface area contributed by atoms with E-state index in [0.29, 0.717) is 24.7 Å². The first-order valence-electron chi connectivity index (χ1n) is 6.48. The van der Waals surface area contributed by atoms with Gasteiger partial charge in [-0.3, -0.25) is 4.79 Å². The van der Waals surface area contributed by atoms with Crippen LogP contribution in [0.1, 0.15) is 30.6 Å². The SMILES string of the molecule is CC(C)(C(=O)c1cc2c(cc1Cl)OCCCO2)S(C)(=O)=O. The highest BCUT2D eigenvalue weighted by Gasteiger charge is 2.40. The highest BCUT2D eigenvalue weighted by molar-refractivity contribution is 7.92. The third kappa shape index (κ3) is 3.01. The molecule has 5 nitrogen and oxygen atoms in total. The highest BCUT2D eigenvalue weighted by atomic mass is 35.5. The zero-order valence-corrected chi connectivity index (χ0v) is 13.7. The molecular weight excluding hydrogens is 316 g/mol. The van der Waals surface area contributed by atoms with Crippen molar-refractivity contribution >= 4 is 27.2 Å². The predicted octanol–water partition coefficient (Wildman–Crippen LogP) is 2.51. The molecule has 0 bridgehead atoms. The van der Waals surface area contributed by atoms with E-state index in [1.54, 1.807) is 0 Å². The Labute approximate surface area is 129 Å². The van der Waals surface area contributed by atoms with Gasteiger partial charge in [0.15, 0.2) is 27.1 Å². The number of rotatable bonds is 3. The Kier molecular flexibility index (Phi) is 4.22. The lowest BCUT2D eigenvalue weighted by molar-refractivity contribution is 0.0954. The van der Waals surface area contributed by atoms with Crippen LogP contribution in [0.3, 0.4) is 0 Å². The van der Waals surface area contributed by atoms with Crippen LogP contribution in [0.5, 0.6) is 11.5 Å². The molecule has 7 heteroatoms. The molecule has 0 spiro atoms. The molecule has 2 rings (SSSR count). The first-order valence-corrected chi connectivity index (χ1v) is 8.75. The minimum atomic E-state index is -3.58. The van der Waals surface area contributed by atoms with Gasteiger partial charge in [-0.15, -0.1) is 0 Å². The number of hydrogen-bond acceptors (Lipinski definition) is 5. The Morgan fingerprint density at radius 3 is 2.24 bits per heavy atom. The van der Waals surface area contributed by atoms with Crippen molar-refractivity contribution in [1.29, 1.82) is 0 Å². The van der Waals surface area contributed by atoms with Crippen molar-refractivity contribution in [1.82, 2.24) is 0 Å². The van der Waals surface area contributed by atoms with Crippen LogP contribution in [0.25, 0.3) is 0 Å². The summed E-state index contributed by atoms with van der Waals surface area (Å²) in [7, 11) is -3.58. The van der Waals surface area contributed by atoms with Crippen molar-refractivity contribution in [3.05, 3.63) is 22.7 Å². The van der Waals surface area contributed by atoms with Gasteiger partial charge in [-0.1, -0.05) is 11.6 Å². The normalized spacial score (nSPS) is 15.4. The van der Waals surface area contributed by atoms with Gasteiger partial charge in [0.1, 0.15) is 4.75 Å². The van der Waals surface area contributed by atoms with E-state index in [0.717, 1.165) is 12.7 Å². The lowest BCUT2D eigenvalue weighted by atomic mass is 9.99. The van der Waals surface area contributed by atoms with Crippen LogP contribution in [0.2, 0.25) is 5.02 Å². The molecule has 0 fully saturated rings. The number of carbonyl (C=O) groups is 1. The maximum Gasteiger partial charge on any atom is 0.185 e. The number of hydrogen-bond donors (Lipinski definition) is 0. The summed E-state index contributed by atoms with van der Waals surface area (Å²) in [5.74, 6) is 0.307. The van der Waals surface area contributed by atoms with Gasteiger partial charge < -0.3 is 9.47 Å². The van der Waals surface area contributed by atoms with Gasteiger partial charge in [0.05, 0.1) is 18.2 Å². The van der Waals surface area contributed by atoms with Gasteiger partial charge in [0, 0.05) is 24.3 Å². The molecule has 1 heterocycles. The summed E-state index contributed by atoms with van der Waals surface area (Å²) in [5.41, 5.74) is 0.122. The minimum absolute atomic E-state index is 0.122. The van der Waals surface area contributed by atoms with Crippen LogP contribution >= 0.6 is 11.6 Å². The first-order chi connectivity index (χ1) is 9.64. The Balaban J connectivity index is 2.50. The largest absolute Gasteiger partial charge is 0.490 e. The fourth-order valence-corrected chi connectivity index (χ4v) is 2.54. The number of carbonyl (C=O) groups excluding carboxylic acids is 1. The van der Waals surface area contributed by atoms with Gasteiger partial charge in [-0.25, -0.2) is 8.42 Å². The Bertz CT molecular complexity index is 679. The molecule has 0 atom stereocenters. The van der Waals surface area contributed by atoms with E-state index < -0.39 is 20.4 Å². The maximum absolute atomic E-state index is 12.5. The molecule has 0 aliphatic carbocycles. The number of fused-ring (bicyclic) bond motifs is 1. The molecule has 0 radical (unpaired) electrons. The molecule has 1 aliphatic heterocycles. The van der Waals surface area contributed by atoms with E-state index in [-0.39, 0.29) is 10.6 Å². The number of sulfone groups is 1. The van der Waals surface area contributed by atoms with E-state index in [4.69, 9.17) is 21.1 Å². The minimum Gasteiger partial charge on any atom is -0.490 e. The van der Waals surface area contributed by atoms with E-state index in [1.807, 2.05) is 0 Å². The van der Waals surface area contributed by atoms with Crippen molar-refractivity contribution in [2.24, 2.45) is 0 Å². The third-order valence-corrected chi connectivity index (χ3v) is 5.91. The molecule has 116 valence electrons. The third-order valence-electron chi connectivity index (χ3n) is 3.56. The number of Topliss-reactive ketones (excluding diaryl/α,β-unsaturated/α-hetero) is 1. The molecule has 21 heavy (non-hydrogen) atoms. The second-order valence-electron chi connectivity index (χ2n) is 5.44. The number of ether oxygens (including phenoxy) is 2. The standard InChI is InChI=1S/C14H17ClO5S/c1-14(2,21(3,17)18)13(16)9-7-11-12(8-10(9)15)20-6-4-5-19-11/h7-8H,4-6H2,1-3H3. The molecule has 1 aliphatic rings. The number of benzene rings is 1. The van der Waals surface area contributed by atoms with Gasteiger partial charge in [0.25, 0.3) is 0 Å². The molecule has 0 amide bonds. The number of halogens is 1. The topological polar surface area (TPSA) is 69.7 Å². The zero-order valence-electron chi connectivity index (χ0n) is 12.1. The van der Waals surface area contributed by atoms with Gasteiger partial charge in [-0.05, 0) is 19.9 Å². The van der Waals surface area contributed by atoms with Crippen LogP contribution in [-0.2, 0) is 9.84 Å². The zero-order chi connectivity index (χ0) is 15.8. The average molecular weight is 333 g/mol. The fourth-order valence-electron chi connectivity index (χ4n) is 1.85. The van der Waals surface area contributed by atoms with Crippen molar-refractivity contribution in [2.45, 2.75) is 25.0 Å². The average Bonchev–Trinajstić information content (AvgIpc) is 2.60. The molecule has 0 unspecified atom stereocenters. The van der Waals surface area contributed by atoms with E-state index in [9.17, 15) is 13.2 Å². The molecule has 0 N–H and O–H groups in total. The van der Waals surface area contributed by atoms with Gasteiger partial charge >= 0.3 is 0 Å². The quantitative estimate of drug-likeness (QED) is 0.795. The van der Waals surface area contributed by atoms with E-state index in [2.05, 4.69) is 0 Å². The molecule has 0 aromatic heterocycles. The lowest BCUT2D eigenvalue weighted by Gasteiger charge is -2.22. The molecular formula is C14H17ClO5S. The summed E-state index contributed by atoms with van der Waals surface area (Å²) < 4.78 is 33.0. The number of ketones is 1. The summed E-state index contributed by atoms with van der Waals surface area (Å²) in [6.45, 7) is 3.71. The van der Waals surface area contributed by atoms with Crippen molar-refractivity contribution in [3.8, 4) is 11.5 Å². The fraction of sp³-hybridized carbons (Fsp3) is 0.500. The van der Waals surface area contributed by atoms with Crippen LogP contribution in [-0.4, -0.2) is 38.4 Å². The molecule has 0 saturated heterocycles. The smallest absolute Gasteiger partial charge is 0.185 e. The molecule has 1 aromatic rings. The first kappa shape index (κ1) is 16.1. The summed E-state index contributed by atoms with van der Waals surface area (Å²) in [4.78, 5) is 12.5. The van der Waals surface area contributed by atoms with Crippen molar-refractivity contribution in [3.63, 3.8) is 0 Å². The predicted molar refractivity (Wildman–Crippen MR) is 80.3 cm³/mol. The lowest BCUT2D eigenvalue weighted by Crippen LogP contribution is -2.40. The maximum atomic E-state index is 12.5. The summed E-state index contributed by atoms with van der Waals surface area (Å²) in [6.07, 6.45) is 1.76. The van der Waals surface area contributed by atoms with E-state index in [1.165, 1.54) is 26.0 Å². The summed E-state index contributed by atoms with van der Waals surface area (Å²) >= 11 is 6.11. The Morgan fingerprint density at radius 1 is 1.19 bits per heavy atom. The van der Waals surface area contributed by atoms with Gasteiger partial charge in [-0.2, -0.15) is 0 Å². The van der Waals surface area contributed by atoms with Crippen LogP contribution < -0.4 is 9.47 Å². The monoisotopic (exact) mass is 332 g/mol. The Morgan fingerprint density at radius 2 is 1.71 bits per heavy atom. The second kappa shape index (κ2) is 5.50. The van der Waals surface area contributed by atoms with Crippen molar-refractivity contribution in [2.75, 3.05) is 19.5 Å². The highest BCUT2D eigenvalue weighted by Crippen LogP contribution is 2.37. The van der Waals surface area contributed by atoms with E-state index >= 15 is 0 Å². The van der Waals surface area contributed by atoms with Crippen LogP contribution in [0, 0.1) is 0 Å². The molecule has 0 saturated carbocycles. The summed E-state index contributed by atoms with van der Waals surface area (Å²) in [6, 6.07) is 2.95. The summed E-state index contributed by atoms with van der Waals surface area (Å²) in [5, 5.41) is 0.154. The van der Waals surface area contributed by atoms with Crippen molar-refractivity contribution < 1.29 is 22.7 Å². The van der Waals surface area contributed by atoms with Gasteiger partial charge in [0.2, 0.25) is 0 Å². The second-order valence-corrected chi connectivity index (χ2v) is 8.41. The Hall–Kier alpha value is -1.27. The van der Waals surface area contributed by atoms with Crippen LogP contribution in [0.4, 0.5) is 0 Å².